The van der Waals surface area contributed by atoms with Crippen LogP contribution in [0.15, 0.2) is 24.3 Å². The van der Waals surface area contributed by atoms with Crippen LogP contribution >= 0.6 is 11.6 Å². The Morgan fingerprint density at radius 1 is 1.21 bits per heavy atom. The first-order chi connectivity index (χ1) is 9.17. The number of aliphatic hydroxyl groups excluding tert-OH is 2. The average molecular weight is 287 g/mol. The summed E-state index contributed by atoms with van der Waals surface area (Å²) in [5, 5.41) is 21.1. The van der Waals surface area contributed by atoms with E-state index in [0.717, 1.165) is 5.56 Å². The van der Waals surface area contributed by atoms with E-state index < -0.39 is 0 Å². The lowest BCUT2D eigenvalue weighted by Gasteiger charge is -2.19. The van der Waals surface area contributed by atoms with Gasteiger partial charge < -0.3 is 15.5 Å². The summed E-state index contributed by atoms with van der Waals surface area (Å²) in [6.45, 7) is 1.14. The largest absolute Gasteiger partial charge is 0.395 e. The summed E-state index contributed by atoms with van der Waals surface area (Å²) in [5.74, 6) is -0.165. The zero-order valence-corrected chi connectivity index (χ0v) is 11.4. The van der Waals surface area contributed by atoms with Crippen LogP contribution in [-0.4, -0.2) is 53.9 Å². The monoisotopic (exact) mass is 286 g/mol. The molecule has 3 N–H and O–H groups in total. The van der Waals surface area contributed by atoms with Crippen LogP contribution in [0.1, 0.15) is 5.56 Å². The molecule has 19 heavy (non-hydrogen) atoms. The van der Waals surface area contributed by atoms with Crippen LogP contribution in [0.25, 0.3) is 0 Å². The maximum absolute atomic E-state index is 11.7. The number of amides is 1. The van der Waals surface area contributed by atoms with E-state index in [9.17, 15) is 4.79 Å². The Balaban J connectivity index is 2.40. The van der Waals surface area contributed by atoms with Gasteiger partial charge in [-0.05, 0) is 11.6 Å². The van der Waals surface area contributed by atoms with E-state index in [-0.39, 0.29) is 25.7 Å². The fourth-order valence-corrected chi connectivity index (χ4v) is 1.85. The first kappa shape index (κ1) is 15.9. The fraction of sp³-hybridized carbons (Fsp3) is 0.462. The lowest BCUT2D eigenvalue weighted by atomic mass is 10.2. The predicted octanol–water partition coefficient (Wildman–Crippen LogP) is 0.243. The summed E-state index contributed by atoms with van der Waals surface area (Å²) in [6.07, 6.45) is 0. The van der Waals surface area contributed by atoms with Crippen molar-refractivity contribution in [1.82, 2.24) is 10.2 Å². The van der Waals surface area contributed by atoms with Crippen molar-refractivity contribution < 1.29 is 15.0 Å². The van der Waals surface area contributed by atoms with Crippen LogP contribution in [0.3, 0.4) is 0 Å². The number of carbonyl (C=O) groups excluding carboxylic acids is 1. The predicted molar refractivity (Wildman–Crippen MR) is 73.9 cm³/mol. The zero-order valence-electron chi connectivity index (χ0n) is 10.7. The van der Waals surface area contributed by atoms with E-state index in [1.165, 1.54) is 0 Å². The molecule has 0 aliphatic heterocycles. The lowest BCUT2D eigenvalue weighted by Crippen LogP contribution is -2.39. The third kappa shape index (κ3) is 6.02. The molecule has 5 nitrogen and oxygen atoms in total. The molecule has 0 aliphatic carbocycles. The number of aliphatic hydroxyl groups is 2. The van der Waals surface area contributed by atoms with E-state index in [2.05, 4.69) is 5.32 Å². The molecule has 0 fully saturated rings. The minimum absolute atomic E-state index is 0.0439. The highest BCUT2D eigenvalue weighted by Crippen LogP contribution is 2.14. The summed E-state index contributed by atoms with van der Waals surface area (Å²) in [5.41, 5.74) is 0.855. The number of nitrogens with one attached hydrogen (secondary N) is 1. The van der Waals surface area contributed by atoms with Crippen LogP contribution < -0.4 is 5.32 Å². The topological polar surface area (TPSA) is 72.8 Å². The Morgan fingerprint density at radius 2 is 1.84 bits per heavy atom. The summed E-state index contributed by atoms with van der Waals surface area (Å²) in [4.78, 5) is 13.4. The number of benzene rings is 1. The smallest absolute Gasteiger partial charge is 0.234 e. The first-order valence-corrected chi connectivity index (χ1v) is 6.49. The summed E-state index contributed by atoms with van der Waals surface area (Å²) in [6, 6.07) is 7.31. The van der Waals surface area contributed by atoms with Gasteiger partial charge in [0.2, 0.25) is 5.91 Å². The van der Waals surface area contributed by atoms with Crippen LogP contribution in [-0.2, 0) is 11.3 Å². The molecular formula is C13H19ClN2O3. The van der Waals surface area contributed by atoms with Crippen molar-refractivity contribution in [2.45, 2.75) is 6.54 Å². The van der Waals surface area contributed by atoms with Gasteiger partial charge in [-0.25, -0.2) is 0 Å². The standard InChI is InChI=1S/C13H19ClN2O3/c14-12-4-2-1-3-11(12)9-15-13(19)10-16(5-7-17)6-8-18/h1-4,17-18H,5-10H2,(H,15,19). The number of carbonyl (C=O) groups is 1. The fourth-order valence-electron chi connectivity index (χ4n) is 1.65. The van der Waals surface area contributed by atoms with E-state index in [1.54, 1.807) is 11.0 Å². The van der Waals surface area contributed by atoms with Gasteiger partial charge in [0, 0.05) is 24.7 Å². The molecule has 0 bridgehead atoms. The Labute approximate surface area is 117 Å². The van der Waals surface area contributed by atoms with E-state index in [1.807, 2.05) is 18.2 Å². The highest BCUT2D eigenvalue weighted by atomic mass is 35.5. The second kappa shape index (κ2) is 8.87. The second-order valence-corrected chi connectivity index (χ2v) is 4.50. The molecule has 0 spiro atoms. The number of hydrogen-bond donors (Lipinski definition) is 3. The number of hydrogen-bond acceptors (Lipinski definition) is 4. The molecule has 1 aromatic rings. The van der Waals surface area contributed by atoms with Gasteiger partial charge in [-0.2, -0.15) is 0 Å². The molecule has 1 rings (SSSR count). The summed E-state index contributed by atoms with van der Waals surface area (Å²) < 4.78 is 0. The maximum Gasteiger partial charge on any atom is 0.234 e. The maximum atomic E-state index is 11.7. The number of rotatable bonds is 8. The highest BCUT2D eigenvalue weighted by Gasteiger charge is 2.10. The highest BCUT2D eigenvalue weighted by molar-refractivity contribution is 6.31. The SMILES string of the molecule is O=C(CN(CCO)CCO)NCc1ccccc1Cl. The van der Waals surface area contributed by atoms with Crippen LogP contribution in [0.4, 0.5) is 0 Å². The van der Waals surface area contributed by atoms with E-state index in [0.29, 0.717) is 24.7 Å². The Bertz CT molecular complexity index is 395. The van der Waals surface area contributed by atoms with Crippen molar-refractivity contribution in [3.05, 3.63) is 34.9 Å². The molecule has 0 radical (unpaired) electrons. The Kier molecular flexibility index (Phi) is 7.43. The second-order valence-electron chi connectivity index (χ2n) is 4.09. The van der Waals surface area contributed by atoms with Crippen LogP contribution in [0.5, 0.6) is 0 Å². The van der Waals surface area contributed by atoms with Crippen molar-refractivity contribution in [1.29, 1.82) is 0 Å². The van der Waals surface area contributed by atoms with Crippen molar-refractivity contribution in [3.8, 4) is 0 Å². The number of halogens is 1. The molecular weight excluding hydrogens is 268 g/mol. The normalized spacial score (nSPS) is 10.7. The van der Waals surface area contributed by atoms with Crippen molar-refractivity contribution in [3.63, 3.8) is 0 Å². The molecule has 1 aromatic carbocycles. The molecule has 1 amide bonds. The molecule has 0 aliphatic rings. The summed E-state index contributed by atoms with van der Waals surface area (Å²) >= 11 is 5.99. The number of nitrogens with zero attached hydrogens (tertiary/aromatic N) is 1. The van der Waals surface area contributed by atoms with Crippen molar-refractivity contribution in [2.24, 2.45) is 0 Å². The van der Waals surface area contributed by atoms with Gasteiger partial charge in [0.1, 0.15) is 0 Å². The zero-order chi connectivity index (χ0) is 14.1. The van der Waals surface area contributed by atoms with Gasteiger partial charge in [0.05, 0.1) is 19.8 Å². The van der Waals surface area contributed by atoms with E-state index >= 15 is 0 Å². The van der Waals surface area contributed by atoms with E-state index in [4.69, 9.17) is 21.8 Å². The minimum Gasteiger partial charge on any atom is -0.395 e. The van der Waals surface area contributed by atoms with Gasteiger partial charge >= 0.3 is 0 Å². The average Bonchev–Trinajstić information content (AvgIpc) is 2.38. The van der Waals surface area contributed by atoms with Gasteiger partial charge in [0.25, 0.3) is 0 Å². The molecule has 0 saturated carbocycles. The molecule has 0 atom stereocenters. The van der Waals surface area contributed by atoms with Crippen LogP contribution in [0, 0.1) is 0 Å². The van der Waals surface area contributed by atoms with Crippen LogP contribution in [0.2, 0.25) is 5.02 Å². The Hall–Kier alpha value is -1.14. The van der Waals surface area contributed by atoms with Gasteiger partial charge in [-0.15, -0.1) is 0 Å². The first-order valence-electron chi connectivity index (χ1n) is 6.11. The van der Waals surface area contributed by atoms with Gasteiger partial charge in [-0.3, -0.25) is 9.69 Å². The molecule has 106 valence electrons. The van der Waals surface area contributed by atoms with Gasteiger partial charge in [0.15, 0.2) is 0 Å². The Morgan fingerprint density at radius 3 is 2.42 bits per heavy atom. The quantitative estimate of drug-likeness (QED) is 0.640. The third-order valence-electron chi connectivity index (χ3n) is 2.63. The van der Waals surface area contributed by atoms with Crippen molar-refractivity contribution in [2.75, 3.05) is 32.8 Å². The molecule has 0 unspecified atom stereocenters. The third-order valence-corrected chi connectivity index (χ3v) is 3.00. The molecule has 0 heterocycles. The van der Waals surface area contributed by atoms with Crippen molar-refractivity contribution >= 4 is 17.5 Å². The lowest BCUT2D eigenvalue weighted by molar-refractivity contribution is -0.122. The molecule has 0 aromatic heterocycles. The van der Waals surface area contributed by atoms with Gasteiger partial charge in [-0.1, -0.05) is 29.8 Å². The molecule has 6 heteroatoms. The summed E-state index contributed by atoms with van der Waals surface area (Å²) in [7, 11) is 0. The minimum atomic E-state index is -0.165. The molecule has 0 saturated heterocycles.